The van der Waals surface area contributed by atoms with Crippen LogP contribution < -0.4 is 0 Å². The monoisotopic (exact) mass is 365 g/mol. The molecule has 0 atom stereocenters. The number of hydrogen-bond acceptors (Lipinski definition) is 1. The molecule has 140 valence electrons. The summed E-state index contributed by atoms with van der Waals surface area (Å²) in [5.41, 5.74) is 10.3. The highest BCUT2D eigenvalue weighted by Crippen LogP contribution is 2.25. The molecule has 1 nitrogen and oxygen atoms in total. The summed E-state index contributed by atoms with van der Waals surface area (Å²) in [4.78, 5) is 4.77. The minimum absolute atomic E-state index is 0.880. The van der Waals surface area contributed by atoms with E-state index in [1.165, 1.54) is 44.2 Å². The van der Waals surface area contributed by atoms with Crippen molar-refractivity contribution in [2.45, 2.75) is 40.5 Å². The third-order valence-electron chi connectivity index (χ3n) is 5.79. The van der Waals surface area contributed by atoms with Gasteiger partial charge in [0.1, 0.15) is 0 Å². The maximum absolute atomic E-state index is 4.77. The largest absolute Gasteiger partial charge is 0.258 e. The predicted octanol–water partition coefficient (Wildman–Crippen LogP) is 6.65. The van der Waals surface area contributed by atoms with Crippen molar-refractivity contribution >= 4 is 10.8 Å². The molecule has 0 aliphatic carbocycles. The summed E-state index contributed by atoms with van der Waals surface area (Å²) in [6.07, 6.45) is 1.86. The van der Waals surface area contributed by atoms with Crippen LogP contribution in [-0.4, -0.2) is 4.98 Å². The molecule has 0 spiro atoms. The first-order chi connectivity index (χ1) is 13.5. The van der Waals surface area contributed by atoms with Gasteiger partial charge in [0.05, 0.1) is 0 Å². The Morgan fingerprint density at radius 3 is 2.21 bits per heavy atom. The lowest BCUT2D eigenvalue weighted by atomic mass is 9.95. The van der Waals surface area contributed by atoms with Gasteiger partial charge in [-0.25, -0.2) is 0 Å². The molecule has 1 heteroatoms. The summed E-state index contributed by atoms with van der Waals surface area (Å²) in [6, 6.07) is 24.5. The predicted molar refractivity (Wildman–Crippen MR) is 119 cm³/mol. The minimum atomic E-state index is 0.880. The summed E-state index contributed by atoms with van der Waals surface area (Å²) in [5, 5.41) is 2.62. The van der Waals surface area contributed by atoms with Crippen molar-refractivity contribution < 1.29 is 0 Å². The van der Waals surface area contributed by atoms with Crippen LogP contribution in [-0.2, 0) is 12.8 Å². The maximum Gasteiger partial charge on any atom is 0.0450 e. The van der Waals surface area contributed by atoms with Crippen LogP contribution in [0.2, 0.25) is 0 Å². The van der Waals surface area contributed by atoms with Crippen LogP contribution in [0.3, 0.4) is 0 Å². The van der Waals surface area contributed by atoms with E-state index < -0.39 is 0 Å². The number of benzene rings is 3. The highest BCUT2D eigenvalue weighted by molar-refractivity contribution is 5.85. The zero-order valence-electron chi connectivity index (χ0n) is 17.2. The lowest BCUT2D eigenvalue weighted by Gasteiger charge is -2.11. The first kappa shape index (κ1) is 18.4. The van der Waals surface area contributed by atoms with Crippen LogP contribution in [0.4, 0.5) is 0 Å². The molecular weight excluding hydrogens is 338 g/mol. The summed E-state index contributed by atoms with van der Waals surface area (Å²) < 4.78 is 0. The van der Waals surface area contributed by atoms with Gasteiger partial charge < -0.3 is 0 Å². The van der Waals surface area contributed by atoms with Gasteiger partial charge in [-0.2, -0.15) is 0 Å². The van der Waals surface area contributed by atoms with Gasteiger partial charge in [0.2, 0.25) is 0 Å². The van der Waals surface area contributed by atoms with E-state index >= 15 is 0 Å². The normalized spacial score (nSPS) is 11.1. The topological polar surface area (TPSA) is 12.9 Å². The molecule has 0 amide bonds. The molecule has 3 aromatic carbocycles. The molecule has 0 bridgehead atoms. The molecule has 0 aliphatic heterocycles. The Balaban J connectivity index is 1.67. The second-order valence-electron chi connectivity index (χ2n) is 7.95. The third kappa shape index (κ3) is 3.84. The Morgan fingerprint density at radius 1 is 0.607 bits per heavy atom. The second-order valence-corrected chi connectivity index (χ2v) is 7.95. The number of fused-ring (bicyclic) bond motifs is 1. The van der Waals surface area contributed by atoms with Crippen LogP contribution in [0.25, 0.3) is 10.8 Å². The molecule has 0 saturated carbocycles. The Kier molecular flexibility index (Phi) is 5.00. The fraction of sp³-hybridized carbons (Fsp3) is 0.222. The Labute approximate surface area is 168 Å². The van der Waals surface area contributed by atoms with E-state index in [2.05, 4.69) is 94.4 Å². The highest BCUT2D eigenvalue weighted by atomic mass is 14.7. The number of rotatable bonds is 4. The zero-order chi connectivity index (χ0) is 19.7. The van der Waals surface area contributed by atoms with Crippen LogP contribution in [0.1, 0.15) is 44.8 Å². The van der Waals surface area contributed by atoms with Crippen molar-refractivity contribution in [3.05, 3.63) is 111 Å². The van der Waals surface area contributed by atoms with E-state index in [9.17, 15) is 0 Å². The van der Waals surface area contributed by atoms with Gasteiger partial charge in [-0.05, 0) is 84.3 Å². The third-order valence-corrected chi connectivity index (χ3v) is 5.79. The molecule has 0 N–H and O–H groups in total. The molecule has 0 saturated heterocycles. The number of aromatic nitrogens is 1. The number of aryl methyl sites for hydroxylation is 4. The lowest BCUT2D eigenvalue weighted by Crippen LogP contribution is -1.98. The Morgan fingerprint density at radius 2 is 1.43 bits per heavy atom. The van der Waals surface area contributed by atoms with Gasteiger partial charge in [-0.15, -0.1) is 0 Å². The van der Waals surface area contributed by atoms with Crippen LogP contribution in [0, 0.1) is 27.7 Å². The summed E-state index contributed by atoms with van der Waals surface area (Å²) in [6.45, 7) is 8.60. The van der Waals surface area contributed by atoms with Crippen molar-refractivity contribution in [2.24, 2.45) is 0 Å². The molecule has 4 aromatic rings. The van der Waals surface area contributed by atoms with E-state index in [1.807, 2.05) is 0 Å². The maximum atomic E-state index is 4.77. The Hall–Kier alpha value is -2.93. The first-order valence-electron chi connectivity index (χ1n) is 9.99. The molecule has 0 aliphatic rings. The van der Waals surface area contributed by atoms with Crippen molar-refractivity contribution in [3.63, 3.8) is 0 Å². The molecule has 1 aromatic heterocycles. The van der Waals surface area contributed by atoms with Crippen LogP contribution in [0.5, 0.6) is 0 Å². The second kappa shape index (κ2) is 7.59. The van der Waals surface area contributed by atoms with E-state index in [0.29, 0.717) is 0 Å². The average molecular weight is 366 g/mol. The van der Waals surface area contributed by atoms with Crippen LogP contribution >= 0.6 is 0 Å². The van der Waals surface area contributed by atoms with Crippen molar-refractivity contribution in [3.8, 4) is 0 Å². The molecular formula is C27H27N. The van der Waals surface area contributed by atoms with Gasteiger partial charge in [0.25, 0.3) is 0 Å². The van der Waals surface area contributed by atoms with E-state index in [-0.39, 0.29) is 0 Å². The number of hydrogen-bond donors (Lipinski definition) is 0. The fourth-order valence-electron chi connectivity index (χ4n) is 3.81. The number of pyridine rings is 1. The molecule has 0 unspecified atom stereocenters. The van der Waals surface area contributed by atoms with Crippen molar-refractivity contribution in [1.82, 2.24) is 4.98 Å². The molecule has 28 heavy (non-hydrogen) atoms. The smallest absolute Gasteiger partial charge is 0.0450 e. The summed E-state index contributed by atoms with van der Waals surface area (Å²) in [7, 11) is 0. The van der Waals surface area contributed by atoms with Gasteiger partial charge in [-0.3, -0.25) is 4.98 Å². The number of nitrogens with zero attached hydrogens (tertiary/aromatic N) is 1. The summed E-state index contributed by atoms with van der Waals surface area (Å²) >= 11 is 0. The lowest BCUT2D eigenvalue weighted by molar-refractivity contribution is 1.01. The highest BCUT2D eigenvalue weighted by Gasteiger charge is 2.07. The Bertz CT molecular complexity index is 1150. The van der Waals surface area contributed by atoms with E-state index in [0.717, 1.165) is 24.2 Å². The molecule has 0 fully saturated rings. The van der Waals surface area contributed by atoms with Crippen molar-refractivity contribution in [1.29, 1.82) is 0 Å². The minimum Gasteiger partial charge on any atom is -0.258 e. The quantitative estimate of drug-likeness (QED) is 0.394. The first-order valence-corrected chi connectivity index (χ1v) is 9.99. The van der Waals surface area contributed by atoms with Gasteiger partial charge in [0, 0.05) is 17.8 Å². The molecule has 4 rings (SSSR count). The molecule has 0 radical (unpaired) electrons. The zero-order valence-corrected chi connectivity index (χ0v) is 17.2. The average Bonchev–Trinajstić information content (AvgIpc) is 2.67. The van der Waals surface area contributed by atoms with Crippen molar-refractivity contribution in [2.75, 3.05) is 0 Å². The van der Waals surface area contributed by atoms with Crippen LogP contribution in [0.15, 0.2) is 66.7 Å². The fourth-order valence-corrected chi connectivity index (χ4v) is 3.81. The molecule has 1 heterocycles. The standard InChI is InChI=1S/C27H27N/c1-18-9-12-27(28-21(18)4)17-25-16-26-15-22(10-11-24(26)13-20(25)3)14-23-8-6-5-7-19(23)2/h5-13,15-16H,14,17H2,1-4H3. The van der Waals surface area contributed by atoms with E-state index in [4.69, 9.17) is 4.98 Å². The van der Waals surface area contributed by atoms with Gasteiger partial charge in [0.15, 0.2) is 0 Å². The van der Waals surface area contributed by atoms with Gasteiger partial charge >= 0.3 is 0 Å². The summed E-state index contributed by atoms with van der Waals surface area (Å²) in [5.74, 6) is 0. The van der Waals surface area contributed by atoms with E-state index in [1.54, 1.807) is 0 Å². The van der Waals surface area contributed by atoms with Gasteiger partial charge in [-0.1, -0.05) is 60.7 Å². The SMILES string of the molecule is Cc1ccccc1Cc1ccc2cc(C)c(Cc3ccc(C)c(C)n3)cc2c1.